The summed E-state index contributed by atoms with van der Waals surface area (Å²) in [5, 5.41) is 1.95. The van der Waals surface area contributed by atoms with Crippen LogP contribution in [0.25, 0.3) is 21.9 Å². The van der Waals surface area contributed by atoms with Crippen molar-refractivity contribution in [2.45, 2.75) is 18.8 Å². The predicted molar refractivity (Wildman–Crippen MR) is 109 cm³/mol. The summed E-state index contributed by atoms with van der Waals surface area (Å²) in [6.07, 6.45) is 5.63. The molecule has 0 atom stereocenters. The van der Waals surface area contributed by atoms with Gasteiger partial charge in [0.25, 0.3) is 5.91 Å². The molecule has 0 saturated carbocycles. The Kier molecular flexibility index (Phi) is 3.97. The first-order valence-electron chi connectivity index (χ1n) is 9.54. The molecule has 4 heterocycles. The number of hydrogen-bond acceptors (Lipinski definition) is 3. The Bertz CT molecular complexity index is 1230. The minimum Gasteiger partial charge on any atom is -0.346 e. The summed E-state index contributed by atoms with van der Waals surface area (Å²) in [5.74, 6) is 0.333. The number of aromatic nitrogens is 3. The molecule has 1 aromatic carbocycles. The number of nitrogens with one attached hydrogen (secondary N) is 2. The second kappa shape index (κ2) is 6.64. The molecule has 0 radical (unpaired) electrons. The zero-order valence-corrected chi connectivity index (χ0v) is 15.3. The third kappa shape index (κ3) is 2.78. The van der Waals surface area contributed by atoms with Crippen molar-refractivity contribution >= 4 is 27.8 Å². The summed E-state index contributed by atoms with van der Waals surface area (Å²) < 4.78 is 0. The number of carbonyl (C=O) groups excluding carboxylic acids is 1. The lowest BCUT2D eigenvalue weighted by Gasteiger charge is -2.32. The van der Waals surface area contributed by atoms with Crippen LogP contribution in [0.15, 0.2) is 59.7 Å². The molecule has 1 fully saturated rings. The fourth-order valence-electron chi connectivity index (χ4n) is 4.26. The monoisotopic (exact) mass is 372 g/mol. The van der Waals surface area contributed by atoms with E-state index in [1.165, 1.54) is 11.6 Å². The van der Waals surface area contributed by atoms with Gasteiger partial charge in [0, 0.05) is 47.8 Å². The van der Waals surface area contributed by atoms with Crippen molar-refractivity contribution in [3.63, 3.8) is 0 Å². The zero-order valence-electron chi connectivity index (χ0n) is 15.3. The summed E-state index contributed by atoms with van der Waals surface area (Å²) in [4.78, 5) is 37.4. The van der Waals surface area contributed by atoms with Crippen LogP contribution in [-0.2, 0) is 0 Å². The van der Waals surface area contributed by atoms with Crippen molar-refractivity contribution in [3.8, 4) is 0 Å². The van der Waals surface area contributed by atoms with E-state index in [9.17, 15) is 9.59 Å². The minimum absolute atomic E-state index is 0.0682. The molecule has 2 N–H and O–H groups in total. The van der Waals surface area contributed by atoms with E-state index < -0.39 is 0 Å². The van der Waals surface area contributed by atoms with Crippen molar-refractivity contribution in [3.05, 3.63) is 76.3 Å². The van der Waals surface area contributed by atoms with Crippen LogP contribution in [0.5, 0.6) is 0 Å². The number of hydrogen-bond donors (Lipinski definition) is 2. The van der Waals surface area contributed by atoms with Gasteiger partial charge in [-0.25, -0.2) is 4.98 Å². The van der Waals surface area contributed by atoms with Gasteiger partial charge in [0.05, 0.1) is 5.56 Å². The molecule has 28 heavy (non-hydrogen) atoms. The summed E-state index contributed by atoms with van der Waals surface area (Å²) in [5.41, 5.74) is 3.11. The summed E-state index contributed by atoms with van der Waals surface area (Å²) in [7, 11) is 0. The molecule has 3 aromatic heterocycles. The molecule has 1 saturated heterocycles. The number of H-pyrrole nitrogens is 2. The largest absolute Gasteiger partial charge is 0.346 e. The maximum absolute atomic E-state index is 13.1. The molecule has 0 bridgehead atoms. The Hall–Kier alpha value is -3.41. The first kappa shape index (κ1) is 16.7. The lowest BCUT2D eigenvalue weighted by Crippen LogP contribution is -2.38. The predicted octanol–water partition coefficient (Wildman–Crippen LogP) is 3.42. The maximum Gasteiger partial charge on any atom is 0.254 e. The second-order valence-electron chi connectivity index (χ2n) is 7.30. The molecule has 5 rings (SSSR count). The van der Waals surface area contributed by atoms with E-state index in [4.69, 9.17) is 0 Å². The summed E-state index contributed by atoms with van der Waals surface area (Å²) >= 11 is 0. The molecule has 6 nitrogen and oxygen atoms in total. The molecule has 0 unspecified atom stereocenters. The molecule has 6 heteroatoms. The number of para-hydroxylation sites is 1. The van der Waals surface area contributed by atoms with Gasteiger partial charge >= 0.3 is 0 Å². The number of rotatable bonds is 2. The average Bonchev–Trinajstić information content (AvgIpc) is 3.17. The Morgan fingerprint density at radius 2 is 1.86 bits per heavy atom. The summed E-state index contributed by atoms with van der Waals surface area (Å²) in [6, 6.07) is 12.9. The van der Waals surface area contributed by atoms with E-state index in [0.717, 1.165) is 29.3 Å². The highest BCUT2D eigenvalue weighted by Crippen LogP contribution is 2.33. The molecule has 0 spiro atoms. The second-order valence-corrected chi connectivity index (χ2v) is 7.30. The third-order valence-electron chi connectivity index (χ3n) is 5.69. The topological polar surface area (TPSA) is 81.9 Å². The Balaban J connectivity index is 1.39. The maximum atomic E-state index is 13.1. The standard InChI is InChI=1S/C22H20N4O2/c27-20-12-17(15-4-1-2-6-19(15)25-20)22(28)26-10-7-14(8-11-26)18-13-24-21-16(18)5-3-9-23-21/h1-6,9,12-14H,7-8,10-11H2,(H,23,24)(H,25,27). The van der Waals surface area contributed by atoms with E-state index in [0.29, 0.717) is 30.1 Å². The number of pyridine rings is 2. The van der Waals surface area contributed by atoms with E-state index >= 15 is 0 Å². The SMILES string of the molecule is O=C(c1cc(=O)[nH]c2ccccc12)N1CCC(c2c[nH]c3ncccc23)CC1. The fourth-order valence-corrected chi connectivity index (χ4v) is 4.26. The van der Waals surface area contributed by atoms with Gasteiger partial charge in [-0.3, -0.25) is 9.59 Å². The minimum atomic E-state index is -0.247. The highest BCUT2D eigenvalue weighted by atomic mass is 16.2. The van der Waals surface area contributed by atoms with E-state index in [2.05, 4.69) is 21.0 Å². The Morgan fingerprint density at radius 3 is 2.71 bits per heavy atom. The van der Waals surface area contributed by atoms with E-state index in [1.54, 1.807) is 6.20 Å². The molecule has 0 aliphatic carbocycles. The number of carbonyl (C=O) groups is 1. The lowest BCUT2D eigenvalue weighted by atomic mass is 9.89. The van der Waals surface area contributed by atoms with Crippen molar-refractivity contribution in [1.82, 2.24) is 19.9 Å². The van der Waals surface area contributed by atoms with Gasteiger partial charge in [0.15, 0.2) is 0 Å². The van der Waals surface area contributed by atoms with Crippen molar-refractivity contribution in [2.75, 3.05) is 13.1 Å². The van der Waals surface area contributed by atoms with Crippen LogP contribution in [0.1, 0.15) is 34.7 Å². The number of piperidine rings is 1. The number of nitrogens with zero attached hydrogens (tertiary/aromatic N) is 2. The van der Waals surface area contributed by atoms with Gasteiger partial charge < -0.3 is 14.9 Å². The van der Waals surface area contributed by atoms with Gasteiger partial charge in [-0.1, -0.05) is 18.2 Å². The van der Waals surface area contributed by atoms with E-state index in [1.807, 2.05) is 41.4 Å². The van der Waals surface area contributed by atoms with Crippen molar-refractivity contribution < 1.29 is 4.79 Å². The quantitative estimate of drug-likeness (QED) is 0.566. The highest BCUT2D eigenvalue weighted by Gasteiger charge is 2.27. The number of amides is 1. The smallest absolute Gasteiger partial charge is 0.254 e. The van der Waals surface area contributed by atoms with Crippen LogP contribution in [-0.4, -0.2) is 38.8 Å². The van der Waals surface area contributed by atoms with Gasteiger partial charge in [-0.15, -0.1) is 0 Å². The van der Waals surface area contributed by atoms with Crippen LogP contribution in [0, 0.1) is 0 Å². The van der Waals surface area contributed by atoms with Gasteiger partial charge in [-0.2, -0.15) is 0 Å². The fraction of sp³-hybridized carbons (Fsp3) is 0.227. The molecular weight excluding hydrogens is 352 g/mol. The molecule has 1 aliphatic rings. The summed E-state index contributed by atoms with van der Waals surface area (Å²) in [6.45, 7) is 1.36. The third-order valence-corrected chi connectivity index (χ3v) is 5.69. The van der Waals surface area contributed by atoms with Crippen LogP contribution in [0.2, 0.25) is 0 Å². The molecule has 140 valence electrons. The van der Waals surface area contributed by atoms with Crippen molar-refractivity contribution in [2.24, 2.45) is 0 Å². The number of likely N-dealkylation sites (tertiary alicyclic amines) is 1. The Labute approximate surface area is 161 Å². The van der Waals surface area contributed by atoms with Crippen LogP contribution in [0.3, 0.4) is 0 Å². The Morgan fingerprint density at radius 1 is 1.07 bits per heavy atom. The van der Waals surface area contributed by atoms with Gasteiger partial charge in [-0.05, 0) is 42.5 Å². The normalized spacial score (nSPS) is 15.4. The number of fused-ring (bicyclic) bond motifs is 2. The molecule has 4 aromatic rings. The number of aromatic amines is 2. The van der Waals surface area contributed by atoms with Gasteiger partial charge in [0.2, 0.25) is 5.56 Å². The lowest BCUT2D eigenvalue weighted by molar-refractivity contribution is 0.0715. The number of benzene rings is 1. The van der Waals surface area contributed by atoms with E-state index in [-0.39, 0.29) is 11.5 Å². The molecule has 1 amide bonds. The first-order chi connectivity index (χ1) is 13.7. The average molecular weight is 372 g/mol. The van der Waals surface area contributed by atoms with Crippen molar-refractivity contribution in [1.29, 1.82) is 0 Å². The van der Waals surface area contributed by atoms with Crippen LogP contribution < -0.4 is 5.56 Å². The highest BCUT2D eigenvalue weighted by molar-refractivity contribution is 6.06. The van der Waals surface area contributed by atoms with Crippen LogP contribution in [0.4, 0.5) is 0 Å². The van der Waals surface area contributed by atoms with Gasteiger partial charge in [0.1, 0.15) is 5.65 Å². The zero-order chi connectivity index (χ0) is 19.1. The molecule has 1 aliphatic heterocycles. The first-order valence-corrected chi connectivity index (χ1v) is 9.54. The molecular formula is C22H20N4O2. The van der Waals surface area contributed by atoms with Crippen LogP contribution >= 0.6 is 0 Å².